The van der Waals surface area contributed by atoms with E-state index in [1.54, 1.807) is 0 Å². The predicted molar refractivity (Wildman–Crippen MR) is 133 cm³/mol. The summed E-state index contributed by atoms with van der Waals surface area (Å²) in [6, 6.07) is 14.9. The first kappa shape index (κ1) is 20.0. The smallest absolute Gasteiger partial charge is 0.346 e. The molecule has 2 aliphatic heterocycles. The number of piperidine rings is 1. The zero-order valence-corrected chi connectivity index (χ0v) is 19.9. The molecule has 2 aromatic heterocycles. The predicted octanol–water partition coefficient (Wildman–Crippen LogP) is 6.89. The van der Waals surface area contributed by atoms with Gasteiger partial charge in [0.25, 0.3) is 0 Å². The van der Waals surface area contributed by atoms with Gasteiger partial charge in [-0.2, -0.15) is 0 Å². The Bertz CT molecular complexity index is 1400. The van der Waals surface area contributed by atoms with Crippen LogP contribution in [0.25, 0.3) is 31.8 Å². The second-order valence-electron chi connectivity index (χ2n) is 10.6. The Morgan fingerprint density at radius 2 is 1.94 bits per heavy atom. The van der Waals surface area contributed by atoms with Crippen LogP contribution in [0, 0.1) is 0 Å². The van der Waals surface area contributed by atoms with Gasteiger partial charge < -0.3 is 9.32 Å². The molecule has 0 amide bonds. The zero-order chi connectivity index (χ0) is 22.3. The van der Waals surface area contributed by atoms with Gasteiger partial charge in [0.15, 0.2) is 0 Å². The Labute approximate surface area is 191 Å². The molecule has 4 aromatic rings. The van der Waals surface area contributed by atoms with E-state index in [9.17, 15) is 4.79 Å². The molecule has 5 heteroatoms. The van der Waals surface area contributed by atoms with Gasteiger partial charge in [0.05, 0.1) is 15.8 Å². The molecule has 2 aliphatic rings. The molecule has 32 heavy (non-hydrogen) atoms. The van der Waals surface area contributed by atoms with Crippen LogP contribution in [0.3, 0.4) is 0 Å². The van der Waals surface area contributed by atoms with Crippen LogP contribution in [0.4, 0.5) is 5.69 Å². The fourth-order valence-corrected chi connectivity index (χ4v) is 7.06. The summed E-state index contributed by atoms with van der Waals surface area (Å²) < 4.78 is 7.19. The molecule has 0 spiro atoms. The lowest BCUT2D eigenvalue weighted by Crippen LogP contribution is -2.57. The van der Waals surface area contributed by atoms with Crippen molar-refractivity contribution in [3.63, 3.8) is 0 Å². The molecule has 0 saturated carbocycles. The van der Waals surface area contributed by atoms with Gasteiger partial charge in [0.1, 0.15) is 10.6 Å². The molecule has 1 unspecified atom stereocenters. The van der Waals surface area contributed by atoms with Gasteiger partial charge in [-0.25, -0.2) is 9.78 Å². The van der Waals surface area contributed by atoms with Gasteiger partial charge in [0.2, 0.25) is 0 Å². The Balaban J connectivity index is 1.58. The number of thiazole rings is 1. The number of anilines is 1. The maximum absolute atomic E-state index is 13.2. The molecule has 164 valence electrons. The van der Waals surface area contributed by atoms with Crippen LogP contribution >= 0.6 is 11.3 Å². The zero-order valence-electron chi connectivity index (χ0n) is 19.1. The fourth-order valence-electron chi connectivity index (χ4n) is 6.09. The lowest BCUT2D eigenvalue weighted by Gasteiger charge is -2.55. The molecule has 4 nitrogen and oxygen atoms in total. The lowest BCUT2D eigenvalue weighted by molar-refractivity contribution is 0.249. The van der Waals surface area contributed by atoms with Gasteiger partial charge in [-0.05, 0) is 75.3 Å². The number of nitrogens with zero attached hydrogens (tertiary/aromatic N) is 2. The van der Waals surface area contributed by atoms with Crippen molar-refractivity contribution in [2.45, 2.75) is 70.4 Å². The third-order valence-corrected chi connectivity index (χ3v) is 8.50. The van der Waals surface area contributed by atoms with E-state index in [1.807, 2.05) is 30.3 Å². The second kappa shape index (κ2) is 6.67. The van der Waals surface area contributed by atoms with E-state index in [0.29, 0.717) is 11.6 Å². The van der Waals surface area contributed by atoms with E-state index in [4.69, 9.17) is 4.42 Å². The molecule has 1 fully saturated rings. The third-order valence-electron chi connectivity index (χ3n) is 7.43. The molecule has 0 bridgehead atoms. The summed E-state index contributed by atoms with van der Waals surface area (Å²) >= 11 is 1.54. The van der Waals surface area contributed by atoms with Crippen molar-refractivity contribution in [3.05, 3.63) is 58.4 Å². The number of rotatable bonds is 1. The van der Waals surface area contributed by atoms with Gasteiger partial charge in [0, 0.05) is 28.2 Å². The number of hydrogen-bond acceptors (Lipinski definition) is 5. The molecule has 0 radical (unpaired) electrons. The maximum Gasteiger partial charge on any atom is 0.346 e. The summed E-state index contributed by atoms with van der Waals surface area (Å²) in [6.45, 7) is 9.28. The van der Waals surface area contributed by atoms with Crippen molar-refractivity contribution in [3.8, 4) is 10.6 Å². The maximum atomic E-state index is 13.2. The number of fused-ring (bicyclic) bond motifs is 6. The van der Waals surface area contributed by atoms with Crippen molar-refractivity contribution in [1.29, 1.82) is 0 Å². The monoisotopic (exact) mass is 444 g/mol. The van der Waals surface area contributed by atoms with Crippen molar-refractivity contribution >= 4 is 38.2 Å². The van der Waals surface area contributed by atoms with Crippen molar-refractivity contribution < 1.29 is 4.42 Å². The normalized spacial score (nSPS) is 21.5. The number of aromatic nitrogens is 1. The average molecular weight is 445 g/mol. The Morgan fingerprint density at radius 3 is 2.75 bits per heavy atom. The summed E-state index contributed by atoms with van der Waals surface area (Å²) in [7, 11) is 0. The highest BCUT2D eigenvalue weighted by Crippen LogP contribution is 2.51. The van der Waals surface area contributed by atoms with Crippen LogP contribution in [0.15, 0.2) is 51.7 Å². The highest BCUT2D eigenvalue weighted by molar-refractivity contribution is 7.21. The molecular formula is C27H28N2O2S. The summed E-state index contributed by atoms with van der Waals surface area (Å²) in [5, 5.41) is 1.69. The molecule has 1 atom stereocenters. The first-order valence-electron chi connectivity index (χ1n) is 11.5. The third kappa shape index (κ3) is 2.87. The van der Waals surface area contributed by atoms with Crippen molar-refractivity contribution in [1.82, 2.24) is 4.98 Å². The summed E-state index contributed by atoms with van der Waals surface area (Å²) in [6.07, 6.45) is 4.76. The van der Waals surface area contributed by atoms with Crippen LogP contribution in [0.5, 0.6) is 0 Å². The standard InChI is InChI=1S/C27H28N2O2S/c1-26(2)15-17-8-7-13-27(3,4)29(17)20-12-11-16-14-18(25(30)31-23(16)22(20)26)24-28-19-9-5-6-10-21(19)32-24/h5-6,9-12,14,17H,7-8,13,15H2,1-4H3. The van der Waals surface area contributed by atoms with Gasteiger partial charge in [-0.15, -0.1) is 11.3 Å². The minimum atomic E-state index is -0.305. The van der Waals surface area contributed by atoms with Gasteiger partial charge in [-0.3, -0.25) is 0 Å². The molecule has 6 rings (SSSR count). The summed E-state index contributed by atoms with van der Waals surface area (Å²) in [5.74, 6) is 0. The Morgan fingerprint density at radius 1 is 1.12 bits per heavy atom. The lowest BCUT2D eigenvalue weighted by atomic mass is 9.69. The molecule has 1 saturated heterocycles. The Kier molecular flexibility index (Phi) is 4.17. The first-order chi connectivity index (χ1) is 15.2. The van der Waals surface area contributed by atoms with E-state index in [0.717, 1.165) is 32.6 Å². The topological polar surface area (TPSA) is 46.3 Å². The van der Waals surface area contributed by atoms with E-state index in [-0.39, 0.29) is 16.6 Å². The largest absolute Gasteiger partial charge is 0.422 e. The highest BCUT2D eigenvalue weighted by Gasteiger charge is 2.46. The molecule has 2 aromatic carbocycles. The molecular weight excluding hydrogens is 416 g/mol. The van der Waals surface area contributed by atoms with Crippen LogP contribution < -0.4 is 10.5 Å². The minimum Gasteiger partial charge on any atom is -0.422 e. The number of benzene rings is 2. The van der Waals surface area contributed by atoms with Crippen LogP contribution in [-0.2, 0) is 5.41 Å². The van der Waals surface area contributed by atoms with E-state index < -0.39 is 0 Å². The van der Waals surface area contributed by atoms with Crippen LogP contribution in [0.2, 0.25) is 0 Å². The van der Waals surface area contributed by atoms with Gasteiger partial charge >= 0.3 is 5.63 Å². The van der Waals surface area contributed by atoms with Gasteiger partial charge in [-0.1, -0.05) is 26.0 Å². The van der Waals surface area contributed by atoms with Crippen molar-refractivity contribution in [2.75, 3.05) is 4.90 Å². The number of para-hydroxylation sites is 1. The first-order valence-corrected chi connectivity index (χ1v) is 12.3. The fraction of sp³-hybridized carbons (Fsp3) is 0.407. The highest BCUT2D eigenvalue weighted by atomic mass is 32.1. The van der Waals surface area contributed by atoms with Crippen LogP contribution in [-0.4, -0.2) is 16.6 Å². The van der Waals surface area contributed by atoms with E-state index in [1.165, 1.54) is 41.9 Å². The quantitative estimate of drug-likeness (QED) is 0.300. The molecule has 0 N–H and O–H groups in total. The molecule has 4 heterocycles. The SMILES string of the molecule is CC1(C)CC2CCCC(C)(C)N2c2ccc3cc(-c4nc5ccccc5s4)c(=O)oc3c21. The summed E-state index contributed by atoms with van der Waals surface area (Å²) in [5.41, 5.74) is 4.34. The number of hydrogen-bond donors (Lipinski definition) is 0. The minimum absolute atomic E-state index is 0.0588. The van der Waals surface area contributed by atoms with Crippen molar-refractivity contribution in [2.24, 2.45) is 0 Å². The van der Waals surface area contributed by atoms with E-state index in [2.05, 4.69) is 49.7 Å². The Hall–Kier alpha value is -2.66. The average Bonchev–Trinajstić information content (AvgIpc) is 3.15. The summed E-state index contributed by atoms with van der Waals surface area (Å²) in [4.78, 5) is 20.5. The molecule has 0 aliphatic carbocycles. The second-order valence-corrected chi connectivity index (χ2v) is 11.7. The van der Waals surface area contributed by atoms with E-state index >= 15 is 0 Å². The van der Waals surface area contributed by atoms with Crippen LogP contribution in [0.1, 0.15) is 58.9 Å².